The number of pyridine rings is 1. The van der Waals surface area contributed by atoms with Crippen LogP contribution in [0.2, 0.25) is 0 Å². The maximum absolute atomic E-state index is 12.3. The topological polar surface area (TPSA) is 82.5 Å². The summed E-state index contributed by atoms with van der Waals surface area (Å²) >= 11 is 0. The fourth-order valence-electron chi connectivity index (χ4n) is 3.35. The van der Waals surface area contributed by atoms with Crippen LogP contribution in [0.3, 0.4) is 0 Å². The Kier molecular flexibility index (Phi) is 5.52. The summed E-state index contributed by atoms with van der Waals surface area (Å²) in [6, 6.07) is 9.91. The third-order valence-corrected chi connectivity index (χ3v) is 4.92. The Balaban J connectivity index is 1.63. The number of β-amino-alcohol motifs (C(OH)–C–C–N with tert-alkyl or cyclic N) is 1. The van der Waals surface area contributed by atoms with Gasteiger partial charge in [0.2, 0.25) is 11.8 Å². The summed E-state index contributed by atoms with van der Waals surface area (Å²) in [5, 5.41) is 14.1. The molecule has 0 bridgehead atoms. The van der Waals surface area contributed by atoms with Gasteiger partial charge in [0.25, 0.3) is 0 Å². The van der Waals surface area contributed by atoms with Crippen molar-refractivity contribution in [3.05, 3.63) is 42.1 Å². The van der Waals surface area contributed by atoms with Crippen LogP contribution in [0.5, 0.6) is 0 Å². The van der Waals surface area contributed by atoms with Gasteiger partial charge in [0.1, 0.15) is 0 Å². The van der Waals surface area contributed by atoms with Crippen LogP contribution in [-0.4, -0.2) is 52.5 Å². The first-order valence-corrected chi connectivity index (χ1v) is 9.02. The number of carbonyl (C=O) groups excluding carboxylic acids is 2. The minimum atomic E-state index is -0.563. The molecule has 138 valence electrons. The number of aliphatic hydroxyl groups is 1. The van der Waals surface area contributed by atoms with Gasteiger partial charge in [-0.15, -0.1) is 0 Å². The molecule has 1 aromatic heterocycles. The molecular weight excluding hydrogens is 330 g/mol. The van der Waals surface area contributed by atoms with E-state index in [2.05, 4.69) is 10.3 Å². The number of aromatic nitrogens is 1. The molecule has 1 aliphatic heterocycles. The molecule has 0 radical (unpaired) electrons. The predicted octanol–water partition coefficient (Wildman–Crippen LogP) is 1.37. The van der Waals surface area contributed by atoms with E-state index in [-0.39, 0.29) is 30.2 Å². The van der Waals surface area contributed by atoms with Gasteiger partial charge in [0.05, 0.1) is 18.2 Å². The standard InChI is InChI=1S/C20H25N3O3/c1-13(2)20(26)22-10-19(25)23-11-15(18(24)12-23)9-14-7-8-21-17-6-4-3-5-16(14)17/h3-8,13,15,18,24H,9-12H2,1-2H3,(H,22,26)/t15-,18+/m1/s1. The average Bonchev–Trinajstić information content (AvgIpc) is 3.00. The number of para-hydroxylation sites is 1. The number of likely N-dealkylation sites (tertiary alicyclic amines) is 1. The van der Waals surface area contributed by atoms with Gasteiger partial charge in [-0.05, 0) is 24.1 Å². The zero-order valence-electron chi connectivity index (χ0n) is 15.2. The van der Waals surface area contributed by atoms with Crippen molar-refractivity contribution in [3.63, 3.8) is 0 Å². The van der Waals surface area contributed by atoms with Gasteiger partial charge >= 0.3 is 0 Å². The van der Waals surface area contributed by atoms with E-state index >= 15 is 0 Å². The van der Waals surface area contributed by atoms with E-state index in [0.29, 0.717) is 19.5 Å². The van der Waals surface area contributed by atoms with Crippen LogP contribution >= 0.6 is 0 Å². The second-order valence-electron chi connectivity index (χ2n) is 7.19. The number of carbonyl (C=O) groups is 2. The van der Waals surface area contributed by atoms with Gasteiger partial charge in [-0.25, -0.2) is 0 Å². The highest BCUT2D eigenvalue weighted by atomic mass is 16.3. The lowest BCUT2D eigenvalue weighted by atomic mass is 9.94. The molecule has 2 atom stereocenters. The molecule has 1 aliphatic rings. The number of amides is 2. The number of aliphatic hydroxyl groups excluding tert-OH is 1. The number of fused-ring (bicyclic) bond motifs is 1. The van der Waals surface area contributed by atoms with E-state index in [9.17, 15) is 14.7 Å². The second kappa shape index (κ2) is 7.83. The Labute approximate surface area is 153 Å². The number of nitrogens with one attached hydrogen (secondary N) is 1. The van der Waals surface area contributed by atoms with Crippen LogP contribution in [0, 0.1) is 11.8 Å². The molecule has 0 unspecified atom stereocenters. The van der Waals surface area contributed by atoms with E-state index in [4.69, 9.17) is 0 Å². The first kappa shape index (κ1) is 18.3. The Morgan fingerprint density at radius 2 is 2.04 bits per heavy atom. The van der Waals surface area contributed by atoms with Crippen molar-refractivity contribution in [3.8, 4) is 0 Å². The van der Waals surface area contributed by atoms with E-state index in [1.165, 1.54) is 0 Å². The Morgan fingerprint density at radius 3 is 2.81 bits per heavy atom. The van der Waals surface area contributed by atoms with Crippen molar-refractivity contribution < 1.29 is 14.7 Å². The van der Waals surface area contributed by atoms with Crippen molar-refractivity contribution in [2.45, 2.75) is 26.4 Å². The molecule has 26 heavy (non-hydrogen) atoms. The minimum absolute atomic E-state index is 0.0192. The molecule has 6 heteroatoms. The number of nitrogens with zero attached hydrogens (tertiary/aromatic N) is 2. The fraction of sp³-hybridized carbons (Fsp3) is 0.450. The summed E-state index contributed by atoms with van der Waals surface area (Å²) in [7, 11) is 0. The average molecular weight is 355 g/mol. The number of benzene rings is 1. The van der Waals surface area contributed by atoms with Gasteiger partial charge in [-0.2, -0.15) is 0 Å². The Hall–Kier alpha value is -2.47. The number of rotatable bonds is 5. The first-order chi connectivity index (χ1) is 12.5. The highest BCUT2D eigenvalue weighted by Crippen LogP contribution is 2.25. The molecule has 0 spiro atoms. The molecule has 2 aromatic rings. The second-order valence-corrected chi connectivity index (χ2v) is 7.19. The largest absolute Gasteiger partial charge is 0.391 e. The maximum atomic E-state index is 12.3. The van der Waals surface area contributed by atoms with Crippen LogP contribution in [0.1, 0.15) is 19.4 Å². The smallest absolute Gasteiger partial charge is 0.242 e. The molecule has 2 N–H and O–H groups in total. The first-order valence-electron chi connectivity index (χ1n) is 9.02. The normalized spacial score (nSPS) is 19.9. The van der Waals surface area contributed by atoms with Gasteiger partial charge in [-0.1, -0.05) is 32.0 Å². The zero-order chi connectivity index (χ0) is 18.7. The summed E-state index contributed by atoms with van der Waals surface area (Å²) < 4.78 is 0. The molecule has 6 nitrogen and oxygen atoms in total. The maximum Gasteiger partial charge on any atom is 0.242 e. The number of hydrogen-bond acceptors (Lipinski definition) is 4. The molecular formula is C20H25N3O3. The predicted molar refractivity (Wildman–Crippen MR) is 99.4 cm³/mol. The van der Waals surface area contributed by atoms with Crippen LogP contribution in [0.25, 0.3) is 10.9 Å². The fourth-order valence-corrected chi connectivity index (χ4v) is 3.35. The molecule has 1 fully saturated rings. The van der Waals surface area contributed by atoms with Crippen molar-refractivity contribution in [1.82, 2.24) is 15.2 Å². The van der Waals surface area contributed by atoms with Crippen LogP contribution in [0.15, 0.2) is 36.5 Å². The summed E-state index contributed by atoms with van der Waals surface area (Å²) in [6.45, 7) is 4.36. The highest BCUT2D eigenvalue weighted by molar-refractivity contribution is 5.85. The molecule has 0 aliphatic carbocycles. The number of hydrogen-bond donors (Lipinski definition) is 2. The molecule has 0 saturated carbocycles. The monoisotopic (exact) mass is 355 g/mol. The van der Waals surface area contributed by atoms with E-state index in [1.807, 2.05) is 30.3 Å². The van der Waals surface area contributed by atoms with E-state index in [1.54, 1.807) is 24.9 Å². The highest BCUT2D eigenvalue weighted by Gasteiger charge is 2.34. The summed E-state index contributed by atoms with van der Waals surface area (Å²) in [6.07, 6.45) is 1.90. The summed E-state index contributed by atoms with van der Waals surface area (Å²) in [5.74, 6) is -0.469. The lowest BCUT2D eigenvalue weighted by Crippen LogP contribution is -2.40. The van der Waals surface area contributed by atoms with Gasteiger partial charge in [0, 0.05) is 36.5 Å². The van der Waals surface area contributed by atoms with Gasteiger partial charge in [0.15, 0.2) is 0 Å². The molecule has 2 amide bonds. The third kappa shape index (κ3) is 4.02. The lowest BCUT2D eigenvalue weighted by molar-refractivity contribution is -0.133. The van der Waals surface area contributed by atoms with Crippen molar-refractivity contribution in [1.29, 1.82) is 0 Å². The van der Waals surface area contributed by atoms with Crippen LogP contribution < -0.4 is 5.32 Å². The zero-order valence-corrected chi connectivity index (χ0v) is 15.2. The van der Waals surface area contributed by atoms with Crippen LogP contribution in [0.4, 0.5) is 0 Å². The SMILES string of the molecule is CC(C)C(=O)NCC(=O)N1C[C@@H](Cc2ccnc3ccccc23)[C@@H](O)C1. The van der Waals surface area contributed by atoms with Gasteiger partial charge < -0.3 is 15.3 Å². The van der Waals surface area contributed by atoms with Crippen molar-refractivity contribution >= 4 is 22.7 Å². The molecule has 1 saturated heterocycles. The minimum Gasteiger partial charge on any atom is -0.391 e. The lowest BCUT2D eigenvalue weighted by Gasteiger charge is -2.17. The van der Waals surface area contributed by atoms with E-state index < -0.39 is 6.10 Å². The molecule has 2 heterocycles. The summed E-state index contributed by atoms with van der Waals surface area (Å²) in [4.78, 5) is 29.9. The summed E-state index contributed by atoms with van der Waals surface area (Å²) in [5.41, 5.74) is 2.06. The Morgan fingerprint density at radius 1 is 1.27 bits per heavy atom. The molecule has 1 aromatic carbocycles. The quantitative estimate of drug-likeness (QED) is 0.849. The molecule has 3 rings (SSSR count). The van der Waals surface area contributed by atoms with E-state index in [0.717, 1.165) is 16.5 Å². The van der Waals surface area contributed by atoms with Gasteiger partial charge in [-0.3, -0.25) is 14.6 Å². The third-order valence-electron chi connectivity index (χ3n) is 4.92. The van der Waals surface area contributed by atoms with Crippen LogP contribution in [-0.2, 0) is 16.0 Å². The van der Waals surface area contributed by atoms with Crippen molar-refractivity contribution in [2.24, 2.45) is 11.8 Å². The Bertz CT molecular complexity index is 800. The van der Waals surface area contributed by atoms with Crippen molar-refractivity contribution in [2.75, 3.05) is 19.6 Å².